The third-order valence-corrected chi connectivity index (χ3v) is 8.66. The van der Waals surface area contributed by atoms with Gasteiger partial charge in [-0.2, -0.15) is 0 Å². The van der Waals surface area contributed by atoms with Gasteiger partial charge in [0.25, 0.3) is 0 Å². The summed E-state index contributed by atoms with van der Waals surface area (Å²) in [6, 6.07) is 0.491. The first-order chi connectivity index (χ1) is 9.56. The van der Waals surface area contributed by atoms with Gasteiger partial charge >= 0.3 is 0 Å². The van der Waals surface area contributed by atoms with Crippen LogP contribution in [-0.4, -0.2) is 6.04 Å². The van der Waals surface area contributed by atoms with Gasteiger partial charge < -0.3 is 5.73 Å². The van der Waals surface area contributed by atoms with Crippen molar-refractivity contribution in [2.24, 2.45) is 40.2 Å². The topological polar surface area (TPSA) is 26.0 Å². The molecule has 0 aromatic carbocycles. The van der Waals surface area contributed by atoms with E-state index in [0.717, 1.165) is 23.7 Å². The van der Waals surface area contributed by atoms with Crippen LogP contribution in [0.1, 0.15) is 78.1 Å². The zero-order valence-electron chi connectivity index (χ0n) is 13.5. The van der Waals surface area contributed by atoms with Gasteiger partial charge in [0.2, 0.25) is 0 Å². The second-order valence-electron chi connectivity index (χ2n) is 9.13. The molecule has 20 heavy (non-hydrogen) atoms. The lowest BCUT2D eigenvalue weighted by molar-refractivity contribution is -0.105. The van der Waals surface area contributed by atoms with Gasteiger partial charge in [0.15, 0.2) is 0 Å². The molecule has 1 heteroatoms. The Kier molecular flexibility index (Phi) is 3.05. The largest absolute Gasteiger partial charge is 0.327 e. The molecule has 4 saturated carbocycles. The number of hydrogen-bond donors (Lipinski definition) is 1. The summed E-state index contributed by atoms with van der Waals surface area (Å²) in [5, 5.41) is 0. The van der Waals surface area contributed by atoms with Gasteiger partial charge in [0, 0.05) is 6.04 Å². The SMILES string of the molecule is C[C@]12CCCC[C@H]1CC[C@H]1[C@H]2CC[C@]2(C)[C@H](N)CC[C@H]12. The molecular formula is C19H33N. The van der Waals surface area contributed by atoms with Crippen LogP contribution in [-0.2, 0) is 0 Å². The van der Waals surface area contributed by atoms with E-state index < -0.39 is 0 Å². The molecule has 0 radical (unpaired) electrons. The third kappa shape index (κ3) is 1.65. The van der Waals surface area contributed by atoms with E-state index in [4.69, 9.17) is 5.73 Å². The summed E-state index contributed by atoms with van der Waals surface area (Å²) in [6.07, 6.45) is 14.7. The molecule has 4 rings (SSSR count). The van der Waals surface area contributed by atoms with Gasteiger partial charge in [-0.05, 0) is 85.9 Å². The summed E-state index contributed by atoms with van der Waals surface area (Å²) in [5.74, 6) is 4.06. The number of rotatable bonds is 0. The standard InChI is InChI=1S/C19H33N/c1-18-11-4-3-5-13(18)6-7-14-15-8-9-17(20)19(15,2)12-10-16(14)18/h13-17H,3-12,20H2,1-2H3/t13-,14+,15+,16+,17+,18-,19-/m0/s1. The Balaban J connectivity index is 1.64. The molecule has 0 aromatic heterocycles. The van der Waals surface area contributed by atoms with E-state index in [0.29, 0.717) is 16.9 Å². The zero-order valence-corrected chi connectivity index (χ0v) is 13.5. The molecule has 0 amide bonds. The fraction of sp³-hybridized carbons (Fsp3) is 1.00. The summed E-state index contributed by atoms with van der Waals surface area (Å²) < 4.78 is 0. The van der Waals surface area contributed by atoms with Crippen molar-refractivity contribution in [2.75, 3.05) is 0 Å². The van der Waals surface area contributed by atoms with Crippen molar-refractivity contribution in [2.45, 2.75) is 84.1 Å². The fourth-order valence-electron chi connectivity index (χ4n) is 7.34. The lowest BCUT2D eigenvalue weighted by Gasteiger charge is -2.60. The summed E-state index contributed by atoms with van der Waals surface area (Å²) in [7, 11) is 0. The maximum atomic E-state index is 6.51. The smallest absolute Gasteiger partial charge is 0.00957 e. The Bertz CT molecular complexity index is 391. The molecule has 0 bridgehead atoms. The molecule has 0 unspecified atom stereocenters. The Morgan fingerprint density at radius 1 is 0.750 bits per heavy atom. The maximum absolute atomic E-state index is 6.51. The van der Waals surface area contributed by atoms with Crippen LogP contribution < -0.4 is 5.73 Å². The van der Waals surface area contributed by atoms with Gasteiger partial charge in [-0.1, -0.05) is 26.7 Å². The number of hydrogen-bond acceptors (Lipinski definition) is 1. The molecule has 4 fully saturated rings. The minimum Gasteiger partial charge on any atom is -0.327 e. The van der Waals surface area contributed by atoms with E-state index >= 15 is 0 Å². The first-order valence-corrected chi connectivity index (χ1v) is 9.31. The molecule has 0 aromatic rings. The van der Waals surface area contributed by atoms with Gasteiger partial charge in [0.05, 0.1) is 0 Å². The second-order valence-corrected chi connectivity index (χ2v) is 9.13. The maximum Gasteiger partial charge on any atom is 0.00957 e. The zero-order chi connectivity index (χ0) is 14.0. The molecule has 2 N–H and O–H groups in total. The van der Waals surface area contributed by atoms with E-state index in [-0.39, 0.29) is 0 Å². The van der Waals surface area contributed by atoms with Crippen LogP contribution in [0.2, 0.25) is 0 Å². The lowest BCUT2D eigenvalue weighted by atomic mass is 9.45. The van der Waals surface area contributed by atoms with Crippen molar-refractivity contribution in [3.05, 3.63) is 0 Å². The van der Waals surface area contributed by atoms with Gasteiger partial charge in [0.1, 0.15) is 0 Å². The molecule has 0 aliphatic heterocycles. The Hall–Kier alpha value is -0.0400. The first kappa shape index (κ1) is 13.6. The van der Waals surface area contributed by atoms with E-state index in [9.17, 15) is 0 Å². The highest BCUT2D eigenvalue weighted by Gasteiger charge is 2.58. The molecule has 4 aliphatic rings. The van der Waals surface area contributed by atoms with Gasteiger partial charge in [-0.3, -0.25) is 0 Å². The van der Waals surface area contributed by atoms with Crippen LogP contribution in [0, 0.1) is 34.5 Å². The van der Waals surface area contributed by atoms with Gasteiger partial charge in [-0.15, -0.1) is 0 Å². The Morgan fingerprint density at radius 3 is 2.40 bits per heavy atom. The van der Waals surface area contributed by atoms with Crippen LogP contribution in [0.4, 0.5) is 0 Å². The summed E-state index contributed by atoms with van der Waals surface area (Å²) in [6.45, 7) is 5.20. The highest BCUT2D eigenvalue weighted by atomic mass is 14.8. The minimum absolute atomic E-state index is 0.485. The monoisotopic (exact) mass is 275 g/mol. The number of fused-ring (bicyclic) bond motifs is 5. The minimum atomic E-state index is 0.485. The van der Waals surface area contributed by atoms with Crippen LogP contribution >= 0.6 is 0 Å². The van der Waals surface area contributed by atoms with Crippen molar-refractivity contribution in [3.8, 4) is 0 Å². The van der Waals surface area contributed by atoms with Crippen LogP contribution in [0.25, 0.3) is 0 Å². The van der Waals surface area contributed by atoms with Crippen LogP contribution in [0.3, 0.4) is 0 Å². The highest BCUT2D eigenvalue weighted by molar-refractivity contribution is 5.09. The lowest BCUT2D eigenvalue weighted by Crippen LogP contribution is -2.54. The van der Waals surface area contributed by atoms with E-state index in [1.54, 1.807) is 0 Å². The molecule has 0 saturated heterocycles. The Labute approximate surface area is 125 Å². The normalized spacial score (nSPS) is 58.6. The molecule has 0 spiro atoms. The molecule has 0 heterocycles. The molecule has 1 nitrogen and oxygen atoms in total. The third-order valence-electron chi connectivity index (χ3n) is 8.66. The summed E-state index contributed by atoms with van der Waals surface area (Å²) >= 11 is 0. The van der Waals surface area contributed by atoms with Crippen molar-refractivity contribution in [3.63, 3.8) is 0 Å². The van der Waals surface area contributed by atoms with Crippen molar-refractivity contribution < 1.29 is 0 Å². The van der Waals surface area contributed by atoms with Crippen LogP contribution in [0.15, 0.2) is 0 Å². The van der Waals surface area contributed by atoms with E-state index in [2.05, 4.69) is 13.8 Å². The first-order valence-electron chi connectivity index (χ1n) is 9.31. The van der Waals surface area contributed by atoms with Crippen molar-refractivity contribution in [1.29, 1.82) is 0 Å². The summed E-state index contributed by atoms with van der Waals surface area (Å²) in [5.41, 5.74) is 7.69. The number of nitrogens with two attached hydrogens (primary N) is 1. The quantitative estimate of drug-likeness (QED) is 0.678. The molecule has 7 atom stereocenters. The molecule has 4 aliphatic carbocycles. The van der Waals surface area contributed by atoms with E-state index in [1.165, 1.54) is 64.2 Å². The average molecular weight is 275 g/mol. The predicted molar refractivity (Wildman–Crippen MR) is 84.3 cm³/mol. The average Bonchev–Trinajstić information content (AvgIpc) is 2.74. The molecule has 114 valence electrons. The predicted octanol–water partition coefficient (Wildman–Crippen LogP) is 4.75. The summed E-state index contributed by atoms with van der Waals surface area (Å²) in [4.78, 5) is 0. The highest BCUT2D eigenvalue weighted by Crippen LogP contribution is 2.65. The van der Waals surface area contributed by atoms with Crippen LogP contribution in [0.5, 0.6) is 0 Å². The van der Waals surface area contributed by atoms with Gasteiger partial charge in [-0.25, -0.2) is 0 Å². The van der Waals surface area contributed by atoms with Crippen molar-refractivity contribution >= 4 is 0 Å². The Morgan fingerprint density at radius 2 is 1.55 bits per heavy atom. The van der Waals surface area contributed by atoms with Crippen molar-refractivity contribution in [1.82, 2.24) is 0 Å². The fourth-order valence-corrected chi connectivity index (χ4v) is 7.34. The van der Waals surface area contributed by atoms with E-state index in [1.807, 2.05) is 0 Å². The molecular weight excluding hydrogens is 242 g/mol. The second kappa shape index (κ2) is 4.48.